The van der Waals surface area contributed by atoms with Crippen molar-refractivity contribution in [3.63, 3.8) is 0 Å². The molecule has 1 heterocycles. The van der Waals surface area contributed by atoms with Crippen LogP contribution in [-0.4, -0.2) is 108 Å². The van der Waals surface area contributed by atoms with Crippen molar-refractivity contribution in [3.8, 4) is 0 Å². The number of Topliss-reactive ketones (excluding diaryl/α,β-unsaturated/α-hetero) is 1. The summed E-state index contributed by atoms with van der Waals surface area (Å²) in [5.41, 5.74) is -2.31. The lowest BCUT2D eigenvalue weighted by Gasteiger charge is -2.35. The van der Waals surface area contributed by atoms with E-state index in [1.807, 2.05) is 13.8 Å². The van der Waals surface area contributed by atoms with Gasteiger partial charge in [-0.15, -0.1) is 0 Å². The minimum absolute atomic E-state index is 0.0713. The Balaban J connectivity index is 1.73. The number of hydrogen-bond donors (Lipinski definition) is 4. The van der Waals surface area contributed by atoms with Crippen molar-refractivity contribution < 1.29 is 51.5 Å². The molecule has 5 unspecified atom stereocenters. The van der Waals surface area contributed by atoms with Crippen LogP contribution in [0.5, 0.6) is 0 Å². The number of ether oxygens (including phenoxy) is 1. The monoisotopic (exact) mass is 780 g/mol. The third-order valence-electron chi connectivity index (χ3n) is 10.3. The Hall–Kier alpha value is -4.70. The largest absolute Gasteiger partial charge is 0.434 e. The average Bonchev–Trinajstić information content (AvgIpc) is 3.64. The number of hydrogen-bond acceptors (Lipinski definition) is 8. The molecule has 0 bridgehead atoms. The summed E-state index contributed by atoms with van der Waals surface area (Å²) in [6.45, 7) is 4.58. The van der Waals surface area contributed by atoms with Gasteiger partial charge in [0.1, 0.15) is 18.1 Å². The maximum absolute atomic E-state index is 14.1. The topological polar surface area (TPSA) is 183 Å². The van der Waals surface area contributed by atoms with E-state index in [0.717, 1.165) is 19.3 Å². The first kappa shape index (κ1) is 44.7. The van der Waals surface area contributed by atoms with Gasteiger partial charge in [-0.25, -0.2) is 4.79 Å². The maximum Gasteiger partial charge on any atom is 0.427 e. The third kappa shape index (κ3) is 12.4. The van der Waals surface area contributed by atoms with E-state index in [-0.39, 0.29) is 25.3 Å². The van der Waals surface area contributed by atoms with Crippen LogP contribution in [0.3, 0.4) is 0 Å². The van der Waals surface area contributed by atoms with Gasteiger partial charge in [0.2, 0.25) is 35.0 Å². The first-order valence-electron chi connectivity index (χ1n) is 18.8. The van der Waals surface area contributed by atoms with E-state index in [1.54, 1.807) is 30.3 Å². The Kier molecular flexibility index (Phi) is 16.1. The standard InChI is InChI=1S/C38H55F3N6O8/c1-7-23(2)21-26(31(49)33(51)42-22-28(48)44-29(34(52)46(5)6)24-15-10-8-11-16-24)43-32(50)27-19-14-20-47(27)35(53)30(25-17-12-9-13-18-25)45-36(54)55-37(3,4)38(39,40)41/h8,10-11,15-16,23,25-27,29-30H,7,9,12-14,17-22H2,1-6H3,(H,42,51)(H,43,50)(H,44,48)(H,45,54). The molecular weight excluding hydrogens is 725 g/mol. The van der Waals surface area contributed by atoms with Crippen molar-refractivity contribution >= 4 is 41.4 Å². The molecule has 306 valence electrons. The zero-order valence-electron chi connectivity index (χ0n) is 32.4. The highest BCUT2D eigenvalue weighted by atomic mass is 19.4. The molecular formula is C38H55F3N6O8. The molecule has 1 aromatic rings. The minimum Gasteiger partial charge on any atom is -0.434 e. The molecule has 1 aliphatic carbocycles. The molecule has 4 N–H and O–H groups in total. The van der Waals surface area contributed by atoms with E-state index in [4.69, 9.17) is 4.74 Å². The van der Waals surface area contributed by atoms with Crippen molar-refractivity contribution in [2.24, 2.45) is 11.8 Å². The first-order chi connectivity index (χ1) is 25.8. The smallest absolute Gasteiger partial charge is 0.427 e. The van der Waals surface area contributed by atoms with Crippen molar-refractivity contribution in [3.05, 3.63) is 35.9 Å². The molecule has 3 rings (SSSR count). The number of carbonyl (C=O) groups excluding carboxylic acids is 7. The highest BCUT2D eigenvalue weighted by molar-refractivity contribution is 6.38. The molecule has 17 heteroatoms. The number of carbonyl (C=O) groups is 7. The van der Waals surface area contributed by atoms with Crippen molar-refractivity contribution in [1.29, 1.82) is 0 Å². The second-order valence-electron chi connectivity index (χ2n) is 15.1. The third-order valence-corrected chi connectivity index (χ3v) is 10.3. The van der Waals surface area contributed by atoms with Crippen LogP contribution < -0.4 is 21.3 Å². The van der Waals surface area contributed by atoms with E-state index in [1.165, 1.54) is 23.9 Å². The van der Waals surface area contributed by atoms with Gasteiger partial charge in [-0.3, -0.25) is 28.8 Å². The molecule has 0 radical (unpaired) electrons. The summed E-state index contributed by atoms with van der Waals surface area (Å²) in [6.07, 6.45) is -1.56. The number of alkyl halides is 3. The van der Waals surface area contributed by atoms with Gasteiger partial charge in [0.25, 0.3) is 5.91 Å². The molecule has 0 spiro atoms. The lowest BCUT2D eigenvalue weighted by atomic mass is 9.83. The van der Waals surface area contributed by atoms with E-state index < -0.39 is 89.8 Å². The Labute approximate surface area is 320 Å². The lowest BCUT2D eigenvalue weighted by molar-refractivity contribution is -0.244. The van der Waals surface area contributed by atoms with Crippen molar-refractivity contribution in [2.45, 2.75) is 121 Å². The van der Waals surface area contributed by atoms with Crippen LogP contribution in [0.4, 0.5) is 18.0 Å². The van der Waals surface area contributed by atoms with Gasteiger partial charge < -0.3 is 35.8 Å². The number of halogens is 3. The Morgan fingerprint density at radius 1 is 0.909 bits per heavy atom. The quantitative estimate of drug-likeness (QED) is 0.184. The number of nitrogens with one attached hydrogen (secondary N) is 4. The van der Waals surface area contributed by atoms with E-state index in [2.05, 4.69) is 21.3 Å². The van der Waals surface area contributed by atoms with Gasteiger partial charge >= 0.3 is 12.3 Å². The highest BCUT2D eigenvalue weighted by Gasteiger charge is 2.51. The zero-order chi connectivity index (χ0) is 41.1. The number of rotatable bonds is 16. The van der Waals surface area contributed by atoms with Gasteiger partial charge in [-0.05, 0) is 63.4 Å². The van der Waals surface area contributed by atoms with Gasteiger partial charge in [0, 0.05) is 20.6 Å². The van der Waals surface area contributed by atoms with Gasteiger partial charge in [-0.2, -0.15) is 13.2 Å². The fraction of sp³-hybridized carbons (Fsp3) is 0.658. The number of nitrogens with zero attached hydrogens (tertiary/aromatic N) is 2. The van der Waals surface area contributed by atoms with E-state index in [0.29, 0.717) is 45.1 Å². The second-order valence-corrected chi connectivity index (χ2v) is 15.1. The van der Waals surface area contributed by atoms with Crippen LogP contribution in [0.2, 0.25) is 0 Å². The molecule has 1 saturated carbocycles. The molecule has 1 aromatic carbocycles. The van der Waals surface area contributed by atoms with Crippen molar-refractivity contribution in [1.82, 2.24) is 31.1 Å². The normalized spacial score (nSPS) is 18.6. The lowest BCUT2D eigenvalue weighted by Crippen LogP contribution is -2.58. The number of amides is 6. The molecule has 55 heavy (non-hydrogen) atoms. The van der Waals surface area contributed by atoms with Crippen LogP contribution in [0, 0.1) is 11.8 Å². The SMILES string of the molecule is CCC(C)CC(NC(=O)C1CCCN1C(=O)C(NC(=O)OC(C)(C)C(F)(F)F)C1CCCCC1)C(=O)C(=O)NCC(=O)NC(C(=O)N(C)C)c1ccccc1. The molecule has 2 aliphatic rings. The Morgan fingerprint density at radius 2 is 1.55 bits per heavy atom. The molecule has 1 saturated heterocycles. The van der Waals surface area contributed by atoms with Crippen LogP contribution in [0.15, 0.2) is 30.3 Å². The van der Waals surface area contributed by atoms with Gasteiger partial charge in [0.15, 0.2) is 0 Å². The molecule has 5 atom stereocenters. The number of benzene rings is 1. The van der Waals surface area contributed by atoms with Gasteiger partial charge in [-0.1, -0.05) is 69.9 Å². The summed E-state index contributed by atoms with van der Waals surface area (Å²) < 4.78 is 45.1. The molecule has 6 amide bonds. The summed E-state index contributed by atoms with van der Waals surface area (Å²) in [4.78, 5) is 95.5. The number of likely N-dealkylation sites (N-methyl/N-ethyl adjacent to an activating group) is 1. The Bertz CT molecular complexity index is 1530. The van der Waals surface area contributed by atoms with Crippen molar-refractivity contribution in [2.75, 3.05) is 27.2 Å². The second kappa shape index (κ2) is 19.8. The average molecular weight is 781 g/mol. The first-order valence-corrected chi connectivity index (χ1v) is 18.8. The fourth-order valence-electron chi connectivity index (χ4n) is 6.65. The minimum atomic E-state index is -4.86. The predicted molar refractivity (Wildman–Crippen MR) is 195 cm³/mol. The summed E-state index contributed by atoms with van der Waals surface area (Å²) in [5.74, 6) is -5.20. The molecule has 14 nitrogen and oxygen atoms in total. The predicted octanol–water partition coefficient (Wildman–Crippen LogP) is 3.55. The summed E-state index contributed by atoms with van der Waals surface area (Å²) in [7, 11) is 3.06. The highest BCUT2D eigenvalue weighted by Crippen LogP contribution is 2.34. The number of ketones is 1. The molecule has 1 aliphatic heterocycles. The number of alkyl carbamates (subject to hydrolysis) is 1. The fourth-order valence-corrected chi connectivity index (χ4v) is 6.65. The molecule has 2 fully saturated rings. The van der Waals surface area contributed by atoms with Crippen LogP contribution in [0.1, 0.15) is 97.1 Å². The van der Waals surface area contributed by atoms with Gasteiger partial charge in [0.05, 0.1) is 12.6 Å². The van der Waals surface area contributed by atoms with Crippen LogP contribution >= 0.6 is 0 Å². The van der Waals surface area contributed by atoms with E-state index in [9.17, 15) is 46.7 Å². The Morgan fingerprint density at radius 3 is 2.13 bits per heavy atom. The number of likely N-dealkylation sites (tertiary alicyclic amines) is 1. The van der Waals surface area contributed by atoms with Crippen LogP contribution in [-0.2, 0) is 33.5 Å². The van der Waals surface area contributed by atoms with E-state index >= 15 is 0 Å². The summed E-state index contributed by atoms with van der Waals surface area (Å²) in [5, 5.41) is 9.86. The van der Waals surface area contributed by atoms with Crippen LogP contribution in [0.25, 0.3) is 0 Å². The summed E-state index contributed by atoms with van der Waals surface area (Å²) in [6, 6.07) is 3.78. The molecule has 0 aromatic heterocycles. The zero-order valence-corrected chi connectivity index (χ0v) is 32.4. The summed E-state index contributed by atoms with van der Waals surface area (Å²) >= 11 is 0. The maximum atomic E-state index is 14.1.